The molecule has 0 fully saturated rings. The molecule has 0 amide bonds. The molecule has 1 heterocycles. The lowest BCUT2D eigenvalue weighted by atomic mass is 9.91. The summed E-state index contributed by atoms with van der Waals surface area (Å²) in [5.74, 6) is -1.13. The maximum absolute atomic E-state index is 14.6. The minimum Gasteiger partial charge on any atom is -0.344 e. The fourth-order valence-electron chi connectivity index (χ4n) is 3.01. The number of halogens is 2. The van der Waals surface area contributed by atoms with E-state index in [9.17, 15) is 8.78 Å². The van der Waals surface area contributed by atoms with E-state index in [-0.39, 0.29) is 5.56 Å². The summed E-state index contributed by atoms with van der Waals surface area (Å²) in [5, 5.41) is 0. The number of allylic oxidation sites excluding steroid dienone is 3. The molecule has 0 aromatic heterocycles. The van der Waals surface area contributed by atoms with Gasteiger partial charge in [-0.15, -0.1) is 0 Å². The largest absolute Gasteiger partial charge is 0.344 e. The number of likely N-dealkylation sites (N-methyl/N-ethyl adjacent to an activating group) is 1. The Morgan fingerprint density at radius 2 is 1.46 bits per heavy atom. The van der Waals surface area contributed by atoms with Crippen molar-refractivity contribution in [3.63, 3.8) is 0 Å². The van der Waals surface area contributed by atoms with Crippen molar-refractivity contribution in [3.05, 3.63) is 94.7 Å². The molecule has 0 saturated heterocycles. The summed E-state index contributed by atoms with van der Waals surface area (Å²) in [6, 6.07) is 12.3. The minimum absolute atomic E-state index is 0.0214. The fraction of sp³-hybridized carbons (Fsp3) is 0.217. The average molecular weight is 353 g/mol. The second kappa shape index (κ2) is 8.13. The first-order chi connectivity index (χ1) is 12.4. The van der Waals surface area contributed by atoms with Gasteiger partial charge in [-0.2, -0.15) is 0 Å². The van der Waals surface area contributed by atoms with Gasteiger partial charge in [-0.1, -0.05) is 50.8 Å². The lowest BCUT2D eigenvalue weighted by Crippen LogP contribution is -2.22. The van der Waals surface area contributed by atoms with Gasteiger partial charge in [-0.3, -0.25) is 0 Å². The van der Waals surface area contributed by atoms with E-state index in [0.717, 1.165) is 22.4 Å². The molecule has 0 spiro atoms. The van der Waals surface area contributed by atoms with Crippen LogP contribution in [-0.4, -0.2) is 11.9 Å². The third-order valence-corrected chi connectivity index (χ3v) is 4.32. The molecular weight excluding hydrogens is 328 g/mol. The second-order valence-corrected chi connectivity index (χ2v) is 6.06. The first kappa shape index (κ1) is 19.6. The highest BCUT2D eigenvalue weighted by Crippen LogP contribution is 2.39. The van der Waals surface area contributed by atoms with Gasteiger partial charge in [0.25, 0.3) is 0 Å². The van der Waals surface area contributed by atoms with Crippen LogP contribution in [0.4, 0.5) is 8.78 Å². The van der Waals surface area contributed by atoms with Gasteiger partial charge in [0, 0.05) is 18.3 Å². The average Bonchev–Trinajstić information content (AvgIpc) is 2.63. The van der Waals surface area contributed by atoms with Gasteiger partial charge in [0.1, 0.15) is 11.6 Å². The van der Waals surface area contributed by atoms with E-state index >= 15 is 0 Å². The molecular formula is C23H25F2N. The predicted molar refractivity (Wildman–Crippen MR) is 106 cm³/mol. The maximum atomic E-state index is 14.6. The van der Waals surface area contributed by atoms with Gasteiger partial charge in [0.05, 0.1) is 11.3 Å². The fourth-order valence-corrected chi connectivity index (χ4v) is 3.01. The van der Waals surface area contributed by atoms with Gasteiger partial charge < -0.3 is 4.90 Å². The normalized spacial score (nSPS) is 14.0. The summed E-state index contributed by atoms with van der Waals surface area (Å²) in [4.78, 5) is 1.76. The summed E-state index contributed by atoms with van der Waals surface area (Å²) in [5.41, 5.74) is 4.41. The zero-order valence-electron chi connectivity index (χ0n) is 16.0. The Morgan fingerprint density at radius 1 is 0.923 bits per heavy atom. The Kier molecular flexibility index (Phi) is 6.14. The number of hydrogen-bond donors (Lipinski definition) is 0. The Morgan fingerprint density at radius 3 is 2.00 bits per heavy atom. The van der Waals surface area contributed by atoms with Gasteiger partial charge >= 0.3 is 0 Å². The van der Waals surface area contributed by atoms with Crippen LogP contribution in [0.15, 0.2) is 66.4 Å². The SMILES string of the molecule is C=C1C(C)=CC(c2ccccc2)=C(c2c(F)cc(C)cc2F)N1C.CC. The highest BCUT2D eigenvalue weighted by Gasteiger charge is 2.26. The van der Waals surface area contributed by atoms with Crippen LogP contribution in [0.25, 0.3) is 11.3 Å². The molecule has 0 atom stereocenters. The van der Waals surface area contributed by atoms with Gasteiger partial charge in [-0.25, -0.2) is 8.78 Å². The molecule has 1 aliphatic heterocycles. The van der Waals surface area contributed by atoms with Crippen molar-refractivity contribution in [2.75, 3.05) is 7.05 Å². The van der Waals surface area contributed by atoms with E-state index in [1.54, 1.807) is 18.9 Å². The summed E-state index contributed by atoms with van der Waals surface area (Å²) in [6.45, 7) is 11.7. The molecule has 0 radical (unpaired) electrons. The molecule has 2 aromatic carbocycles. The molecule has 26 heavy (non-hydrogen) atoms. The first-order valence-electron chi connectivity index (χ1n) is 8.77. The van der Waals surface area contributed by atoms with E-state index in [2.05, 4.69) is 6.58 Å². The molecule has 2 aromatic rings. The molecule has 0 bridgehead atoms. The van der Waals surface area contributed by atoms with Crippen LogP contribution >= 0.6 is 0 Å². The van der Waals surface area contributed by atoms with E-state index in [1.807, 2.05) is 57.2 Å². The Hall–Kier alpha value is -2.68. The van der Waals surface area contributed by atoms with Gasteiger partial charge in [0.2, 0.25) is 0 Å². The molecule has 1 nitrogen and oxygen atoms in total. The minimum atomic E-state index is -0.566. The predicted octanol–water partition coefficient (Wildman–Crippen LogP) is 6.57. The van der Waals surface area contributed by atoms with Crippen LogP contribution in [-0.2, 0) is 0 Å². The van der Waals surface area contributed by atoms with Crippen molar-refractivity contribution >= 4 is 11.3 Å². The molecule has 0 unspecified atom stereocenters. The number of aryl methyl sites for hydroxylation is 1. The quantitative estimate of drug-likeness (QED) is 0.590. The number of nitrogens with zero attached hydrogens (tertiary/aromatic N) is 1. The summed E-state index contributed by atoms with van der Waals surface area (Å²) in [6.07, 6.45) is 1.94. The Bertz CT molecular complexity index is 853. The highest BCUT2D eigenvalue weighted by atomic mass is 19.1. The van der Waals surface area contributed by atoms with Crippen molar-refractivity contribution in [1.29, 1.82) is 0 Å². The zero-order chi connectivity index (χ0) is 19.4. The summed E-state index contributed by atoms with van der Waals surface area (Å²) in [7, 11) is 1.79. The summed E-state index contributed by atoms with van der Waals surface area (Å²) < 4.78 is 29.3. The molecule has 1 aliphatic rings. The van der Waals surface area contributed by atoms with Crippen LogP contribution in [0.1, 0.15) is 37.5 Å². The number of benzene rings is 2. The Labute approximate surface area is 155 Å². The lowest BCUT2D eigenvalue weighted by Gasteiger charge is -2.32. The highest BCUT2D eigenvalue weighted by molar-refractivity contribution is 5.97. The van der Waals surface area contributed by atoms with Gasteiger partial charge in [0.15, 0.2) is 0 Å². The van der Waals surface area contributed by atoms with Crippen LogP contribution in [0.3, 0.4) is 0 Å². The molecule has 0 saturated carbocycles. The lowest BCUT2D eigenvalue weighted by molar-refractivity contribution is 0.547. The molecule has 3 heteroatoms. The van der Waals surface area contributed by atoms with Crippen LogP contribution in [0.5, 0.6) is 0 Å². The third kappa shape index (κ3) is 3.62. The van der Waals surface area contributed by atoms with E-state index in [0.29, 0.717) is 11.3 Å². The van der Waals surface area contributed by atoms with Crippen LogP contribution in [0, 0.1) is 18.6 Å². The van der Waals surface area contributed by atoms with Crippen LogP contribution < -0.4 is 0 Å². The summed E-state index contributed by atoms with van der Waals surface area (Å²) >= 11 is 0. The number of hydrogen-bond acceptors (Lipinski definition) is 1. The van der Waals surface area contributed by atoms with E-state index < -0.39 is 11.6 Å². The topological polar surface area (TPSA) is 3.24 Å². The monoisotopic (exact) mass is 353 g/mol. The van der Waals surface area contributed by atoms with Crippen molar-refractivity contribution in [2.24, 2.45) is 0 Å². The maximum Gasteiger partial charge on any atom is 0.135 e. The van der Waals surface area contributed by atoms with Crippen molar-refractivity contribution < 1.29 is 8.78 Å². The van der Waals surface area contributed by atoms with Crippen molar-refractivity contribution in [1.82, 2.24) is 4.90 Å². The third-order valence-electron chi connectivity index (χ3n) is 4.32. The zero-order valence-corrected chi connectivity index (χ0v) is 16.0. The smallest absolute Gasteiger partial charge is 0.135 e. The second-order valence-electron chi connectivity index (χ2n) is 6.06. The Balaban J connectivity index is 0.00000117. The van der Waals surface area contributed by atoms with Crippen molar-refractivity contribution in [3.8, 4) is 0 Å². The molecule has 0 aliphatic carbocycles. The first-order valence-corrected chi connectivity index (χ1v) is 8.77. The molecule has 3 rings (SSSR count). The standard InChI is InChI=1S/C21H19F2N.C2H6/c1-13-10-18(22)20(19(23)11-13)21-17(16-8-6-5-7-9-16)12-14(2)15(3)24(21)4;1-2/h5-12H,3H2,1-2,4H3;1-2H3. The number of rotatable bonds is 2. The van der Waals surface area contributed by atoms with Gasteiger partial charge in [-0.05, 0) is 48.8 Å². The van der Waals surface area contributed by atoms with Crippen molar-refractivity contribution in [2.45, 2.75) is 27.7 Å². The van der Waals surface area contributed by atoms with E-state index in [1.165, 1.54) is 12.1 Å². The molecule has 0 N–H and O–H groups in total. The van der Waals surface area contributed by atoms with E-state index in [4.69, 9.17) is 0 Å². The molecule has 136 valence electrons. The van der Waals surface area contributed by atoms with Crippen LogP contribution in [0.2, 0.25) is 0 Å².